The fourth-order valence-corrected chi connectivity index (χ4v) is 3.17. The number of aliphatic carboxylic acids is 1. The summed E-state index contributed by atoms with van der Waals surface area (Å²) < 4.78 is 38.9. The van der Waals surface area contributed by atoms with Crippen molar-refractivity contribution in [2.75, 3.05) is 25.0 Å². The first-order chi connectivity index (χ1) is 10.8. The van der Waals surface area contributed by atoms with E-state index in [0.717, 1.165) is 29.1 Å². The van der Waals surface area contributed by atoms with Gasteiger partial charge in [-0.2, -0.15) is 13.2 Å². The molecule has 124 valence electrons. The molecule has 0 bridgehead atoms. The van der Waals surface area contributed by atoms with Gasteiger partial charge in [-0.3, -0.25) is 9.59 Å². The minimum atomic E-state index is -4.64. The van der Waals surface area contributed by atoms with Crippen molar-refractivity contribution in [2.24, 2.45) is 11.8 Å². The Morgan fingerprint density at radius 2 is 2.00 bits per heavy atom. The van der Waals surface area contributed by atoms with Crippen LogP contribution in [0.1, 0.15) is 15.9 Å². The lowest BCUT2D eigenvalue weighted by atomic mass is 9.96. The number of carbonyl (C=O) groups is 2. The molecule has 1 amide bonds. The number of carboxylic acid groups (broad SMARTS) is 1. The molecule has 1 fully saturated rings. The number of hydrogen-bond donors (Lipinski definition) is 2. The molecule has 0 radical (unpaired) electrons. The molecule has 1 saturated heterocycles. The van der Waals surface area contributed by atoms with Gasteiger partial charge in [0.15, 0.2) is 0 Å². The minimum absolute atomic E-state index is 0.291. The van der Waals surface area contributed by atoms with Crippen molar-refractivity contribution >= 4 is 17.6 Å². The minimum Gasteiger partial charge on any atom is -0.481 e. The fourth-order valence-electron chi connectivity index (χ4n) is 3.17. The second-order valence-electron chi connectivity index (χ2n) is 5.85. The van der Waals surface area contributed by atoms with Gasteiger partial charge in [0.05, 0.1) is 11.8 Å². The lowest BCUT2D eigenvalue weighted by Crippen LogP contribution is -2.34. The smallest absolute Gasteiger partial charge is 0.394 e. The molecule has 0 aliphatic carbocycles. The van der Waals surface area contributed by atoms with Crippen molar-refractivity contribution in [1.29, 1.82) is 0 Å². The van der Waals surface area contributed by atoms with Gasteiger partial charge in [-0.15, -0.1) is 0 Å². The molecular weight excluding hydrogens is 313 g/mol. The van der Waals surface area contributed by atoms with Crippen LogP contribution in [0.3, 0.4) is 0 Å². The Balaban J connectivity index is 1.82. The summed E-state index contributed by atoms with van der Waals surface area (Å²) in [5.41, 5.74) is 2.15. The zero-order valence-corrected chi connectivity index (χ0v) is 12.1. The molecule has 1 aromatic carbocycles. The number of rotatable bonds is 2. The molecule has 0 saturated carbocycles. The molecule has 2 aliphatic heterocycles. The third-order valence-corrected chi connectivity index (χ3v) is 4.41. The first kappa shape index (κ1) is 15.6. The van der Waals surface area contributed by atoms with Gasteiger partial charge in [0.2, 0.25) is 0 Å². The van der Waals surface area contributed by atoms with Crippen molar-refractivity contribution in [2.45, 2.75) is 12.6 Å². The summed E-state index contributed by atoms with van der Waals surface area (Å²) in [4.78, 5) is 24.5. The molecule has 8 heteroatoms. The summed E-state index contributed by atoms with van der Waals surface area (Å²) in [7, 11) is 0. The predicted molar refractivity (Wildman–Crippen MR) is 75.2 cm³/mol. The SMILES string of the molecule is O=C(O)[C@@H]1CN(C(=O)c2ccc3c(c2)CCN3)C[C@H]1C(F)(F)F. The highest BCUT2D eigenvalue weighted by Gasteiger charge is 2.53. The van der Waals surface area contributed by atoms with E-state index >= 15 is 0 Å². The van der Waals surface area contributed by atoms with Crippen molar-refractivity contribution in [3.63, 3.8) is 0 Å². The van der Waals surface area contributed by atoms with E-state index in [2.05, 4.69) is 5.32 Å². The van der Waals surface area contributed by atoms with Crippen molar-refractivity contribution < 1.29 is 27.9 Å². The number of nitrogens with one attached hydrogen (secondary N) is 1. The number of alkyl halides is 3. The topological polar surface area (TPSA) is 69.6 Å². The van der Waals surface area contributed by atoms with Crippen LogP contribution in [-0.4, -0.2) is 47.7 Å². The number of hydrogen-bond acceptors (Lipinski definition) is 3. The normalized spacial score (nSPS) is 23.5. The highest BCUT2D eigenvalue weighted by molar-refractivity contribution is 5.95. The average molecular weight is 328 g/mol. The molecule has 1 aromatic rings. The lowest BCUT2D eigenvalue weighted by molar-refractivity contribution is -0.187. The lowest BCUT2D eigenvalue weighted by Gasteiger charge is -2.18. The van der Waals surface area contributed by atoms with Crippen LogP contribution in [0.25, 0.3) is 0 Å². The Bertz CT molecular complexity index is 660. The molecular formula is C15H15F3N2O3. The molecule has 0 aromatic heterocycles. The van der Waals surface area contributed by atoms with Gasteiger partial charge >= 0.3 is 12.1 Å². The second-order valence-corrected chi connectivity index (χ2v) is 5.85. The molecule has 5 nitrogen and oxygen atoms in total. The molecule has 2 atom stereocenters. The maximum absolute atomic E-state index is 13.0. The van der Waals surface area contributed by atoms with E-state index in [4.69, 9.17) is 5.11 Å². The van der Waals surface area contributed by atoms with E-state index in [1.54, 1.807) is 18.2 Å². The summed E-state index contributed by atoms with van der Waals surface area (Å²) in [5.74, 6) is -5.73. The average Bonchev–Trinajstić information content (AvgIpc) is 3.11. The van der Waals surface area contributed by atoms with Gasteiger partial charge in [0.25, 0.3) is 5.91 Å². The number of carbonyl (C=O) groups excluding carboxylic acids is 1. The van der Waals surface area contributed by atoms with E-state index in [1.807, 2.05) is 0 Å². The first-order valence-corrected chi connectivity index (χ1v) is 7.23. The second kappa shape index (κ2) is 5.43. The van der Waals surface area contributed by atoms with Gasteiger partial charge < -0.3 is 15.3 Å². The van der Waals surface area contributed by atoms with Crippen LogP contribution in [0.5, 0.6) is 0 Å². The molecule has 23 heavy (non-hydrogen) atoms. The number of likely N-dealkylation sites (tertiary alicyclic amines) is 1. The van der Waals surface area contributed by atoms with E-state index in [-0.39, 0.29) is 0 Å². The molecule has 0 unspecified atom stereocenters. The van der Waals surface area contributed by atoms with E-state index < -0.39 is 43.0 Å². The number of amides is 1. The highest BCUT2D eigenvalue weighted by Crippen LogP contribution is 2.38. The molecule has 2 aliphatic rings. The maximum Gasteiger partial charge on any atom is 0.394 e. The van der Waals surface area contributed by atoms with Crippen molar-refractivity contribution in [1.82, 2.24) is 4.90 Å². The number of carboxylic acids is 1. The number of halogens is 3. The largest absolute Gasteiger partial charge is 0.481 e. The van der Waals surface area contributed by atoms with E-state index in [0.29, 0.717) is 5.56 Å². The van der Waals surface area contributed by atoms with Crippen LogP contribution < -0.4 is 5.32 Å². The Kier molecular flexibility index (Phi) is 3.69. The number of anilines is 1. The number of fused-ring (bicyclic) bond motifs is 1. The summed E-state index contributed by atoms with van der Waals surface area (Å²) >= 11 is 0. The van der Waals surface area contributed by atoms with Gasteiger partial charge in [-0.05, 0) is 30.2 Å². The van der Waals surface area contributed by atoms with Gasteiger partial charge in [-0.25, -0.2) is 0 Å². The first-order valence-electron chi connectivity index (χ1n) is 7.23. The van der Waals surface area contributed by atoms with Crippen molar-refractivity contribution in [3.8, 4) is 0 Å². The van der Waals surface area contributed by atoms with Gasteiger partial charge in [0, 0.05) is 30.9 Å². The summed E-state index contributed by atoms with van der Waals surface area (Å²) in [6.45, 7) is -0.282. The molecule has 0 spiro atoms. The fraction of sp³-hybridized carbons (Fsp3) is 0.467. The summed E-state index contributed by atoms with van der Waals surface area (Å²) in [5, 5.41) is 12.1. The Morgan fingerprint density at radius 3 is 2.61 bits per heavy atom. The zero-order valence-electron chi connectivity index (χ0n) is 12.1. The monoisotopic (exact) mass is 328 g/mol. The molecule has 2 heterocycles. The van der Waals surface area contributed by atoms with Crippen LogP contribution in [0.2, 0.25) is 0 Å². The highest BCUT2D eigenvalue weighted by atomic mass is 19.4. The molecule has 3 rings (SSSR count). The zero-order chi connectivity index (χ0) is 16.8. The third-order valence-electron chi connectivity index (χ3n) is 4.41. The molecule has 2 N–H and O–H groups in total. The quantitative estimate of drug-likeness (QED) is 0.871. The Labute approximate surface area is 130 Å². The van der Waals surface area contributed by atoms with Crippen LogP contribution >= 0.6 is 0 Å². The van der Waals surface area contributed by atoms with Crippen LogP contribution in [-0.2, 0) is 11.2 Å². The summed E-state index contributed by atoms with van der Waals surface area (Å²) in [6, 6.07) is 4.94. The third kappa shape index (κ3) is 2.85. The Morgan fingerprint density at radius 1 is 1.26 bits per heavy atom. The van der Waals surface area contributed by atoms with Gasteiger partial charge in [-0.1, -0.05) is 0 Å². The predicted octanol–water partition coefficient (Wildman–Crippen LogP) is 1.99. The van der Waals surface area contributed by atoms with Crippen LogP contribution in [0.4, 0.5) is 18.9 Å². The Hall–Kier alpha value is -2.25. The van der Waals surface area contributed by atoms with Crippen molar-refractivity contribution in [3.05, 3.63) is 29.3 Å². The van der Waals surface area contributed by atoms with Gasteiger partial charge in [0.1, 0.15) is 0 Å². The van der Waals surface area contributed by atoms with E-state index in [1.165, 1.54) is 0 Å². The van der Waals surface area contributed by atoms with Crippen LogP contribution in [0, 0.1) is 11.8 Å². The maximum atomic E-state index is 13.0. The van der Waals surface area contributed by atoms with Crippen LogP contribution in [0.15, 0.2) is 18.2 Å². The number of nitrogens with zero attached hydrogens (tertiary/aromatic N) is 1. The summed E-state index contributed by atoms with van der Waals surface area (Å²) in [6.07, 6.45) is -3.89. The van der Waals surface area contributed by atoms with E-state index in [9.17, 15) is 22.8 Å². The standard InChI is InChI=1S/C15H15F3N2O3/c16-15(17,18)11-7-20(6-10(11)14(22)23)13(21)9-1-2-12-8(5-9)3-4-19-12/h1-2,5,10-11,19H,3-4,6-7H2,(H,22,23)/t10-,11-/m1/s1. The number of benzene rings is 1.